The summed E-state index contributed by atoms with van der Waals surface area (Å²) in [7, 11) is 0. The third-order valence-electron chi connectivity index (χ3n) is 4.62. The molecule has 0 aliphatic carbocycles. The van der Waals surface area contributed by atoms with Gasteiger partial charge in [-0.2, -0.15) is 0 Å². The number of hydrogen-bond acceptors (Lipinski definition) is 3. The van der Waals surface area contributed by atoms with E-state index in [1.807, 2.05) is 36.7 Å². The largest absolute Gasteiger partial charge is 0.315 e. The number of hydrogen-bond donors (Lipinski definition) is 0. The smallest absolute Gasteiger partial charge is 0.163 e. The van der Waals surface area contributed by atoms with E-state index in [2.05, 4.69) is 62.9 Å². The Morgan fingerprint density at radius 1 is 0.889 bits per heavy atom. The zero-order valence-electron chi connectivity index (χ0n) is 15.4. The SMILES string of the molecule is CCCCn1cnc2c(-c3ccccc3/C=C\c3ccccc3)ncnc21. The molecule has 0 aliphatic heterocycles. The van der Waals surface area contributed by atoms with Crippen LogP contribution in [0.25, 0.3) is 34.6 Å². The predicted octanol–water partition coefficient (Wildman–Crippen LogP) is 5.46. The average Bonchev–Trinajstić information content (AvgIpc) is 3.15. The first-order chi connectivity index (χ1) is 13.4. The van der Waals surface area contributed by atoms with E-state index in [4.69, 9.17) is 0 Å². The molecule has 2 aromatic carbocycles. The maximum Gasteiger partial charge on any atom is 0.163 e. The molecule has 0 radical (unpaired) electrons. The maximum absolute atomic E-state index is 4.62. The Labute approximate surface area is 159 Å². The number of aryl methyl sites for hydroxylation is 1. The van der Waals surface area contributed by atoms with Gasteiger partial charge in [-0.1, -0.05) is 80.1 Å². The molecule has 0 atom stereocenters. The van der Waals surface area contributed by atoms with Crippen LogP contribution in [0.4, 0.5) is 0 Å². The first-order valence-electron chi connectivity index (χ1n) is 9.35. The summed E-state index contributed by atoms with van der Waals surface area (Å²) in [4.78, 5) is 13.7. The predicted molar refractivity (Wildman–Crippen MR) is 111 cm³/mol. The molecule has 0 saturated heterocycles. The molecule has 4 rings (SSSR count). The molecule has 27 heavy (non-hydrogen) atoms. The van der Waals surface area contributed by atoms with Crippen LogP contribution < -0.4 is 0 Å². The summed E-state index contributed by atoms with van der Waals surface area (Å²) < 4.78 is 2.12. The molecule has 134 valence electrons. The fourth-order valence-corrected chi connectivity index (χ4v) is 3.18. The second-order valence-corrected chi connectivity index (χ2v) is 6.52. The van der Waals surface area contributed by atoms with Gasteiger partial charge >= 0.3 is 0 Å². The Hall–Kier alpha value is -3.27. The lowest BCUT2D eigenvalue weighted by atomic mass is 10.0. The van der Waals surface area contributed by atoms with E-state index in [1.54, 1.807) is 6.33 Å². The summed E-state index contributed by atoms with van der Waals surface area (Å²) in [5, 5.41) is 0. The molecule has 2 heterocycles. The van der Waals surface area contributed by atoms with Crippen LogP contribution in [0.5, 0.6) is 0 Å². The molecule has 0 aliphatic rings. The van der Waals surface area contributed by atoms with Crippen molar-refractivity contribution in [3.63, 3.8) is 0 Å². The second-order valence-electron chi connectivity index (χ2n) is 6.52. The van der Waals surface area contributed by atoms with Gasteiger partial charge in [-0.05, 0) is 17.5 Å². The van der Waals surface area contributed by atoms with Gasteiger partial charge in [0.05, 0.1) is 6.33 Å². The van der Waals surface area contributed by atoms with Gasteiger partial charge < -0.3 is 4.57 Å². The van der Waals surface area contributed by atoms with Crippen LogP contribution >= 0.6 is 0 Å². The molecule has 0 unspecified atom stereocenters. The highest BCUT2D eigenvalue weighted by atomic mass is 15.1. The van der Waals surface area contributed by atoms with E-state index in [1.165, 1.54) is 5.56 Å². The Bertz CT molecular complexity index is 1060. The second kappa shape index (κ2) is 7.96. The third kappa shape index (κ3) is 3.65. The van der Waals surface area contributed by atoms with Crippen molar-refractivity contribution in [3.8, 4) is 11.3 Å². The zero-order valence-corrected chi connectivity index (χ0v) is 15.4. The van der Waals surface area contributed by atoms with Gasteiger partial charge in [-0.15, -0.1) is 0 Å². The number of imidazole rings is 1. The quantitative estimate of drug-likeness (QED) is 0.432. The highest BCUT2D eigenvalue weighted by Crippen LogP contribution is 2.28. The van der Waals surface area contributed by atoms with Gasteiger partial charge in [0, 0.05) is 12.1 Å². The minimum absolute atomic E-state index is 0.856. The van der Waals surface area contributed by atoms with Crippen LogP contribution in [-0.4, -0.2) is 19.5 Å². The number of aromatic nitrogens is 4. The van der Waals surface area contributed by atoms with Crippen molar-refractivity contribution in [2.24, 2.45) is 0 Å². The number of unbranched alkanes of at least 4 members (excludes halogenated alkanes) is 1. The number of benzene rings is 2. The average molecular weight is 354 g/mol. The first-order valence-corrected chi connectivity index (χ1v) is 9.35. The zero-order chi connectivity index (χ0) is 18.5. The molecule has 0 bridgehead atoms. The molecule has 4 aromatic rings. The van der Waals surface area contributed by atoms with Crippen LogP contribution in [0, 0.1) is 0 Å². The molecule has 0 N–H and O–H groups in total. The van der Waals surface area contributed by atoms with Gasteiger partial charge in [-0.25, -0.2) is 15.0 Å². The topological polar surface area (TPSA) is 43.6 Å². The van der Waals surface area contributed by atoms with E-state index in [0.717, 1.165) is 47.4 Å². The summed E-state index contributed by atoms with van der Waals surface area (Å²) in [5.41, 5.74) is 5.99. The highest BCUT2D eigenvalue weighted by Gasteiger charge is 2.13. The molecule has 2 aromatic heterocycles. The lowest BCUT2D eigenvalue weighted by molar-refractivity contribution is 0.641. The Morgan fingerprint density at radius 2 is 1.70 bits per heavy atom. The fraction of sp³-hybridized carbons (Fsp3) is 0.174. The molecule has 4 heteroatoms. The monoisotopic (exact) mass is 354 g/mol. The van der Waals surface area contributed by atoms with Gasteiger partial charge in [0.1, 0.15) is 17.5 Å². The normalized spacial score (nSPS) is 11.4. The lowest BCUT2D eigenvalue weighted by Crippen LogP contribution is -1.98. The van der Waals surface area contributed by atoms with Crippen LogP contribution in [0.15, 0.2) is 67.3 Å². The van der Waals surface area contributed by atoms with Gasteiger partial charge in [0.2, 0.25) is 0 Å². The fourth-order valence-electron chi connectivity index (χ4n) is 3.18. The summed E-state index contributed by atoms with van der Waals surface area (Å²) >= 11 is 0. The van der Waals surface area contributed by atoms with Crippen molar-refractivity contribution < 1.29 is 0 Å². The molecular formula is C23H22N4. The number of fused-ring (bicyclic) bond motifs is 1. The van der Waals surface area contributed by atoms with Gasteiger partial charge in [0.25, 0.3) is 0 Å². The standard InChI is InChI=1S/C23H22N4/c1-2-3-15-27-17-26-22-21(24-16-25-23(22)27)20-12-8-7-11-19(20)14-13-18-9-5-4-6-10-18/h4-14,16-17H,2-3,15H2,1H3/b14-13-. The van der Waals surface area contributed by atoms with Crippen molar-refractivity contribution in [3.05, 3.63) is 78.4 Å². The minimum Gasteiger partial charge on any atom is -0.315 e. The van der Waals surface area contributed by atoms with E-state index in [0.29, 0.717) is 0 Å². The molecular weight excluding hydrogens is 332 g/mol. The van der Waals surface area contributed by atoms with Crippen molar-refractivity contribution in [2.45, 2.75) is 26.3 Å². The van der Waals surface area contributed by atoms with Crippen molar-refractivity contribution >= 4 is 23.3 Å². The minimum atomic E-state index is 0.856. The molecule has 0 amide bonds. The molecule has 4 nitrogen and oxygen atoms in total. The van der Waals surface area contributed by atoms with Crippen LogP contribution in [-0.2, 0) is 6.54 Å². The van der Waals surface area contributed by atoms with E-state index in [-0.39, 0.29) is 0 Å². The van der Waals surface area contributed by atoms with Crippen molar-refractivity contribution in [1.29, 1.82) is 0 Å². The van der Waals surface area contributed by atoms with E-state index >= 15 is 0 Å². The maximum atomic E-state index is 4.62. The van der Waals surface area contributed by atoms with Crippen molar-refractivity contribution in [1.82, 2.24) is 19.5 Å². The Kier molecular flexibility index (Phi) is 5.06. The van der Waals surface area contributed by atoms with Crippen LogP contribution in [0.2, 0.25) is 0 Å². The van der Waals surface area contributed by atoms with Crippen molar-refractivity contribution in [2.75, 3.05) is 0 Å². The van der Waals surface area contributed by atoms with E-state index in [9.17, 15) is 0 Å². The Morgan fingerprint density at radius 3 is 2.56 bits per heavy atom. The summed E-state index contributed by atoms with van der Waals surface area (Å²) in [5.74, 6) is 0. The summed E-state index contributed by atoms with van der Waals surface area (Å²) in [6, 6.07) is 18.6. The summed E-state index contributed by atoms with van der Waals surface area (Å²) in [6.07, 6.45) is 10.0. The number of nitrogens with zero attached hydrogens (tertiary/aromatic N) is 4. The summed E-state index contributed by atoms with van der Waals surface area (Å²) in [6.45, 7) is 3.12. The molecule has 0 spiro atoms. The van der Waals surface area contributed by atoms with Gasteiger partial charge in [-0.3, -0.25) is 0 Å². The highest BCUT2D eigenvalue weighted by molar-refractivity contribution is 5.91. The lowest BCUT2D eigenvalue weighted by Gasteiger charge is -2.07. The first kappa shape index (κ1) is 17.2. The van der Waals surface area contributed by atoms with E-state index < -0.39 is 0 Å². The van der Waals surface area contributed by atoms with Crippen LogP contribution in [0.1, 0.15) is 30.9 Å². The molecule has 0 fully saturated rings. The Balaban J connectivity index is 1.76. The third-order valence-corrected chi connectivity index (χ3v) is 4.62. The van der Waals surface area contributed by atoms with Gasteiger partial charge in [0.15, 0.2) is 5.65 Å². The van der Waals surface area contributed by atoms with Crippen LogP contribution in [0.3, 0.4) is 0 Å². The molecule has 0 saturated carbocycles. The number of rotatable bonds is 6.